The predicted octanol–water partition coefficient (Wildman–Crippen LogP) is 4.90. The van der Waals surface area contributed by atoms with Crippen molar-refractivity contribution in [1.82, 2.24) is 0 Å². The minimum Gasteiger partial charge on any atom is -0.320 e. The van der Waals surface area contributed by atoms with Gasteiger partial charge in [0.2, 0.25) is 0 Å². The first-order chi connectivity index (χ1) is 10.5. The Kier molecular flexibility index (Phi) is 5.47. The maximum Gasteiger partial charge on any atom is 0.266 e. The lowest BCUT2D eigenvalue weighted by Gasteiger charge is -2.06. The first-order valence-corrected chi connectivity index (χ1v) is 7.72. The maximum absolute atomic E-state index is 13.7. The molecule has 2 rings (SSSR count). The molecule has 0 fully saturated rings. The second-order valence-corrected chi connectivity index (χ2v) is 6.04. The molecule has 0 aromatic heterocycles. The molecule has 0 aliphatic carbocycles. The number of hydrogen-bond donors (Lipinski definition) is 1. The number of para-hydroxylation sites is 1. The molecule has 0 saturated carbocycles. The van der Waals surface area contributed by atoms with Crippen LogP contribution in [0.15, 0.2) is 57.0 Å². The lowest BCUT2D eigenvalue weighted by Crippen LogP contribution is -2.13. The van der Waals surface area contributed by atoms with Gasteiger partial charge >= 0.3 is 0 Å². The lowest BCUT2D eigenvalue weighted by atomic mass is 10.1. The molecule has 0 aliphatic heterocycles. The number of anilines is 1. The van der Waals surface area contributed by atoms with Crippen molar-refractivity contribution in [2.45, 2.75) is 0 Å². The van der Waals surface area contributed by atoms with E-state index in [1.807, 2.05) is 0 Å². The molecule has 2 aromatic carbocycles. The van der Waals surface area contributed by atoms with Crippen LogP contribution in [0.3, 0.4) is 0 Å². The average Bonchev–Trinajstić information content (AvgIpc) is 2.50. The summed E-state index contributed by atoms with van der Waals surface area (Å²) in [4.78, 5) is 12.1. The minimum atomic E-state index is -0.603. The van der Waals surface area contributed by atoms with Crippen molar-refractivity contribution in [2.75, 3.05) is 5.32 Å². The van der Waals surface area contributed by atoms with E-state index in [1.165, 1.54) is 18.2 Å². The van der Waals surface area contributed by atoms with Gasteiger partial charge < -0.3 is 5.32 Å². The normalized spacial score (nSPS) is 10.9. The van der Waals surface area contributed by atoms with Gasteiger partial charge in [0, 0.05) is 14.5 Å². The molecule has 3 nitrogen and oxygen atoms in total. The molecular formula is C16H9Br2FN2O. The number of amides is 1. The Morgan fingerprint density at radius 2 is 1.95 bits per heavy atom. The van der Waals surface area contributed by atoms with E-state index < -0.39 is 11.7 Å². The number of nitrogens with zero attached hydrogens (tertiary/aromatic N) is 1. The first-order valence-electron chi connectivity index (χ1n) is 6.14. The van der Waals surface area contributed by atoms with Crippen LogP contribution in [0.1, 0.15) is 5.56 Å². The zero-order valence-electron chi connectivity index (χ0n) is 11.1. The number of halogens is 3. The van der Waals surface area contributed by atoms with Crippen molar-refractivity contribution in [3.63, 3.8) is 0 Å². The number of nitrogens with one attached hydrogen (secondary N) is 1. The second-order valence-electron chi connectivity index (χ2n) is 4.27. The van der Waals surface area contributed by atoms with Gasteiger partial charge in [0.05, 0.1) is 5.69 Å². The molecule has 0 bridgehead atoms. The Morgan fingerprint density at radius 3 is 2.64 bits per heavy atom. The highest BCUT2D eigenvalue weighted by molar-refractivity contribution is 9.10. The van der Waals surface area contributed by atoms with E-state index in [0.29, 0.717) is 14.6 Å². The third kappa shape index (κ3) is 4.03. The van der Waals surface area contributed by atoms with Gasteiger partial charge in [-0.15, -0.1) is 0 Å². The van der Waals surface area contributed by atoms with E-state index in [4.69, 9.17) is 5.26 Å². The van der Waals surface area contributed by atoms with Crippen LogP contribution in [0.4, 0.5) is 10.1 Å². The summed E-state index contributed by atoms with van der Waals surface area (Å²) in [7, 11) is 0. The number of nitriles is 1. The summed E-state index contributed by atoms with van der Waals surface area (Å²) in [6.45, 7) is 0. The average molecular weight is 424 g/mol. The Labute approximate surface area is 143 Å². The quantitative estimate of drug-likeness (QED) is 0.564. The van der Waals surface area contributed by atoms with Gasteiger partial charge in [-0.25, -0.2) is 4.39 Å². The molecule has 1 N–H and O–H groups in total. The summed E-state index contributed by atoms with van der Waals surface area (Å²) in [5, 5.41) is 11.7. The molecule has 1 amide bonds. The summed E-state index contributed by atoms with van der Waals surface area (Å²) in [6.07, 6.45) is 1.21. The standard InChI is InChI=1S/C16H9Br2FN2O/c17-12-5-6-14(19)10(8-12)7-11(9-20)16(22)21-15-4-2-1-3-13(15)18/h1-8H,(H,21,22)/b11-7+. The molecule has 0 radical (unpaired) electrons. The third-order valence-corrected chi connectivity index (χ3v) is 3.93. The van der Waals surface area contributed by atoms with Crippen molar-refractivity contribution >= 4 is 49.5 Å². The number of carbonyl (C=O) groups excluding carboxylic acids is 1. The van der Waals surface area contributed by atoms with E-state index in [1.54, 1.807) is 36.4 Å². The van der Waals surface area contributed by atoms with Gasteiger partial charge in [0.25, 0.3) is 5.91 Å². The molecule has 6 heteroatoms. The Bertz CT molecular complexity index is 797. The SMILES string of the molecule is N#C/C(=C\c1cc(Br)ccc1F)C(=O)Nc1ccccc1Br. The van der Waals surface area contributed by atoms with Crippen LogP contribution in [-0.4, -0.2) is 5.91 Å². The van der Waals surface area contributed by atoms with Crippen LogP contribution in [0.25, 0.3) is 6.08 Å². The highest BCUT2D eigenvalue weighted by atomic mass is 79.9. The molecule has 0 saturated heterocycles. The van der Waals surface area contributed by atoms with Crippen LogP contribution in [0.5, 0.6) is 0 Å². The van der Waals surface area contributed by atoms with E-state index in [9.17, 15) is 9.18 Å². The highest BCUT2D eigenvalue weighted by Gasteiger charge is 2.12. The smallest absolute Gasteiger partial charge is 0.266 e. The number of rotatable bonds is 3. The first kappa shape index (κ1) is 16.4. The highest BCUT2D eigenvalue weighted by Crippen LogP contribution is 2.23. The van der Waals surface area contributed by atoms with E-state index in [2.05, 4.69) is 37.2 Å². The molecule has 0 unspecified atom stereocenters. The summed E-state index contributed by atoms with van der Waals surface area (Å²) in [5.74, 6) is -1.11. The van der Waals surface area contributed by atoms with Gasteiger partial charge in [0.15, 0.2) is 0 Å². The molecular weight excluding hydrogens is 415 g/mol. The second kappa shape index (κ2) is 7.34. The largest absolute Gasteiger partial charge is 0.320 e. The van der Waals surface area contributed by atoms with E-state index in [-0.39, 0.29) is 11.1 Å². The van der Waals surface area contributed by atoms with Crippen molar-refractivity contribution in [3.05, 3.63) is 68.4 Å². The molecule has 0 atom stereocenters. The van der Waals surface area contributed by atoms with Crippen molar-refractivity contribution < 1.29 is 9.18 Å². The summed E-state index contributed by atoms with van der Waals surface area (Å²) in [6, 6.07) is 13.1. The number of benzene rings is 2. The zero-order chi connectivity index (χ0) is 16.1. The molecule has 0 spiro atoms. The minimum absolute atomic E-state index is 0.160. The number of carbonyl (C=O) groups is 1. The van der Waals surface area contributed by atoms with Crippen molar-refractivity contribution in [2.24, 2.45) is 0 Å². The topological polar surface area (TPSA) is 52.9 Å². The van der Waals surface area contributed by atoms with Crippen LogP contribution in [0, 0.1) is 17.1 Å². The number of hydrogen-bond acceptors (Lipinski definition) is 2. The monoisotopic (exact) mass is 422 g/mol. The summed E-state index contributed by atoms with van der Waals surface area (Å²) in [5.41, 5.74) is 0.504. The fourth-order valence-electron chi connectivity index (χ4n) is 1.68. The predicted molar refractivity (Wildman–Crippen MR) is 90.5 cm³/mol. The van der Waals surface area contributed by atoms with Crippen LogP contribution in [0.2, 0.25) is 0 Å². The van der Waals surface area contributed by atoms with Crippen LogP contribution < -0.4 is 5.32 Å². The van der Waals surface area contributed by atoms with E-state index in [0.717, 1.165) is 0 Å². The van der Waals surface area contributed by atoms with E-state index >= 15 is 0 Å². The van der Waals surface area contributed by atoms with Crippen molar-refractivity contribution in [1.29, 1.82) is 5.26 Å². The summed E-state index contributed by atoms with van der Waals surface area (Å²) >= 11 is 6.52. The van der Waals surface area contributed by atoms with Gasteiger partial charge in [0.1, 0.15) is 17.5 Å². The third-order valence-electron chi connectivity index (χ3n) is 2.75. The molecule has 110 valence electrons. The maximum atomic E-state index is 13.7. The van der Waals surface area contributed by atoms with Crippen LogP contribution >= 0.6 is 31.9 Å². The van der Waals surface area contributed by atoms with Gasteiger partial charge in [-0.1, -0.05) is 28.1 Å². The Morgan fingerprint density at radius 1 is 1.23 bits per heavy atom. The molecule has 2 aromatic rings. The van der Waals surface area contributed by atoms with Gasteiger partial charge in [-0.2, -0.15) is 5.26 Å². The van der Waals surface area contributed by atoms with Gasteiger partial charge in [-0.3, -0.25) is 4.79 Å². The van der Waals surface area contributed by atoms with Crippen molar-refractivity contribution in [3.8, 4) is 6.07 Å². The molecule has 0 aliphatic rings. The summed E-state index contributed by atoms with van der Waals surface area (Å²) < 4.78 is 15.1. The lowest BCUT2D eigenvalue weighted by molar-refractivity contribution is -0.112. The Balaban J connectivity index is 2.30. The van der Waals surface area contributed by atoms with Gasteiger partial charge in [-0.05, 0) is 52.3 Å². The Hall–Kier alpha value is -1.97. The fraction of sp³-hybridized carbons (Fsp3) is 0. The molecule has 22 heavy (non-hydrogen) atoms. The molecule has 0 heterocycles. The fourth-order valence-corrected chi connectivity index (χ4v) is 2.44. The van der Waals surface area contributed by atoms with Crippen LogP contribution in [-0.2, 0) is 4.79 Å². The zero-order valence-corrected chi connectivity index (χ0v) is 14.3.